The van der Waals surface area contributed by atoms with Gasteiger partial charge in [-0.15, -0.1) is 11.3 Å². The molecule has 2 N–H and O–H groups in total. The van der Waals surface area contributed by atoms with Crippen LogP contribution in [-0.4, -0.2) is 4.98 Å². The summed E-state index contributed by atoms with van der Waals surface area (Å²) in [5, 5.41) is 1.30. The second-order valence-electron chi connectivity index (χ2n) is 4.88. The molecule has 0 amide bonds. The Balaban J connectivity index is 1.98. The topological polar surface area (TPSA) is 38.9 Å². The molecule has 0 unspecified atom stereocenters. The van der Waals surface area contributed by atoms with Crippen LogP contribution in [0, 0.1) is 0 Å². The van der Waals surface area contributed by atoms with Gasteiger partial charge in [0.15, 0.2) is 0 Å². The Hall–Kier alpha value is -1.19. The van der Waals surface area contributed by atoms with E-state index in [1.807, 2.05) is 17.4 Å². The average molecular weight is 258 g/mol. The van der Waals surface area contributed by atoms with Gasteiger partial charge < -0.3 is 5.73 Å². The van der Waals surface area contributed by atoms with E-state index in [1.54, 1.807) is 0 Å². The molecule has 1 aliphatic carbocycles. The summed E-state index contributed by atoms with van der Waals surface area (Å²) in [6.45, 7) is 0.592. The van der Waals surface area contributed by atoms with Crippen molar-refractivity contribution in [1.29, 1.82) is 0 Å². The van der Waals surface area contributed by atoms with Crippen LogP contribution >= 0.6 is 11.3 Å². The minimum absolute atomic E-state index is 0.592. The van der Waals surface area contributed by atoms with Crippen molar-refractivity contribution in [3.05, 3.63) is 40.2 Å². The summed E-state index contributed by atoms with van der Waals surface area (Å²) in [5.41, 5.74) is 8.17. The van der Waals surface area contributed by atoms with Crippen molar-refractivity contribution in [2.45, 2.75) is 38.1 Å². The Morgan fingerprint density at radius 1 is 1.17 bits per heavy atom. The summed E-state index contributed by atoms with van der Waals surface area (Å²) >= 11 is 1.82. The van der Waals surface area contributed by atoms with Crippen molar-refractivity contribution < 1.29 is 0 Å². The largest absolute Gasteiger partial charge is 0.326 e. The second kappa shape index (κ2) is 5.21. The lowest BCUT2D eigenvalue weighted by Gasteiger charge is -2.02. The SMILES string of the molecule is NCc1sc(C2CCCC2)nc1-c1ccccc1. The summed E-state index contributed by atoms with van der Waals surface area (Å²) < 4.78 is 0. The molecule has 18 heavy (non-hydrogen) atoms. The summed E-state index contributed by atoms with van der Waals surface area (Å²) in [4.78, 5) is 6.10. The van der Waals surface area contributed by atoms with E-state index in [-0.39, 0.29) is 0 Å². The lowest BCUT2D eigenvalue weighted by atomic mass is 10.1. The number of hydrogen-bond donors (Lipinski definition) is 1. The monoisotopic (exact) mass is 258 g/mol. The summed E-state index contributed by atoms with van der Waals surface area (Å²) in [7, 11) is 0. The van der Waals surface area contributed by atoms with Gasteiger partial charge in [-0.05, 0) is 12.8 Å². The van der Waals surface area contributed by atoms with E-state index in [9.17, 15) is 0 Å². The first kappa shape index (κ1) is 11.9. The number of nitrogens with two attached hydrogens (primary N) is 1. The van der Waals surface area contributed by atoms with Crippen LogP contribution in [0.1, 0.15) is 41.5 Å². The molecule has 0 aliphatic heterocycles. The molecule has 0 spiro atoms. The van der Waals surface area contributed by atoms with Crippen molar-refractivity contribution in [1.82, 2.24) is 4.98 Å². The highest BCUT2D eigenvalue weighted by atomic mass is 32.1. The fourth-order valence-corrected chi connectivity index (χ4v) is 3.81. The predicted molar refractivity (Wildman–Crippen MR) is 76.7 cm³/mol. The Kier molecular flexibility index (Phi) is 3.43. The Morgan fingerprint density at radius 3 is 2.56 bits per heavy atom. The highest BCUT2D eigenvalue weighted by molar-refractivity contribution is 7.12. The van der Waals surface area contributed by atoms with Crippen molar-refractivity contribution >= 4 is 11.3 Å². The third kappa shape index (κ3) is 2.20. The van der Waals surface area contributed by atoms with E-state index >= 15 is 0 Å². The molecule has 3 heteroatoms. The summed E-state index contributed by atoms with van der Waals surface area (Å²) in [6.07, 6.45) is 5.29. The molecule has 1 aliphatic rings. The number of aromatic nitrogens is 1. The number of hydrogen-bond acceptors (Lipinski definition) is 3. The molecule has 0 saturated heterocycles. The minimum Gasteiger partial charge on any atom is -0.326 e. The maximum absolute atomic E-state index is 5.87. The summed E-state index contributed by atoms with van der Waals surface area (Å²) in [6, 6.07) is 10.4. The quantitative estimate of drug-likeness (QED) is 0.906. The molecule has 0 radical (unpaired) electrons. The lowest BCUT2D eigenvalue weighted by molar-refractivity contribution is 0.717. The molecule has 0 bridgehead atoms. The first-order chi connectivity index (χ1) is 8.88. The molecule has 0 atom stereocenters. The first-order valence-electron chi connectivity index (χ1n) is 6.63. The van der Waals surface area contributed by atoms with Gasteiger partial charge >= 0.3 is 0 Å². The van der Waals surface area contributed by atoms with Crippen LogP contribution in [0.15, 0.2) is 30.3 Å². The zero-order valence-corrected chi connectivity index (χ0v) is 11.2. The summed E-state index contributed by atoms with van der Waals surface area (Å²) in [5.74, 6) is 0.678. The highest BCUT2D eigenvalue weighted by Crippen LogP contribution is 2.39. The maximum Gasteiger partial charge on any atom is 0.0966 e. The van der Waals surface area contributed by atoms with Gasteiger partial charge in [-0.1, -0.05) is 43.2 Å². The van der Waals surface area contributed by atoms with Crippen LogP contribution in [0.3, 0.4) is 0 Å². The molecule has 2 aromatic rings. The van der Waals surface area contributed by atoms with E-state index in [1.165, 1.54) is 41.1 Å². The van der Waals surface area contributed by atoms with E-state index < -0.39 is 0 Å². The molecule has 1 aromatic carbocycles. The molecule has 94 valence electrons. The number of nitrogens with zero attached hydrogens (tertiary/aromatic N) is 1. The predicted octanol–water partition coefficient (Wildman–Crippen LogP) is 3.93. The van der Waals surface area contributed by atoms with Gasteiger partial charge in [-0.25, -0.2) is 4.98 Å². The van der Waals surface area contributed by atoms with Gasteiger partial charge in [0.05, 0.1) is 10.7 Å². The maximum atomic E-state index is 5.87. The third-order valence-corrected chi connectivity index (χ3v) is 4.89. The van der Waals surface area contributed by atoms with Crippen LogP contribution in [0.25, 0.3) is 11.3 Å². The smallest absolute Gasteiger partial charge is 0.0966 e. The second-order valence-corrected chi connectivity index (χ2v) is 5.99. The van der Waals surface area contributed by atoms with Crippen LogP contribution < -0.4 is 5.73 Å². The van der Waals surface area contributed by atoms with Gasteiger partial charge in [0, 0.05) is 22.9 Å². The normalized spacial score (nSPS) is 16.3. The Labute approximate surface area is 112 Å². The fraction of sp³-hybridized carbons (Fsp3) is 0.400. The molecular formula is C15H18N2S. The Bertz CT molecular complexity index is 513. The number of rotatable bonds is 3. The molecular weight excluding hydrogens is 240 g/mol. The fourth-order valence-electron chi connectivity index (χ4n) is 2.68. The van der Waals surface area contributed by atoms with Crippen molar-refractivity contribution in [3.63, 3.8) is 0 Å². The standard InChI is InChI=1S/C15H18N2S/c16-10-13-14(11-6-2-1-3-7-11)17-15(18-13)12-8-4-5-9-12/h1-3,6-7,12H,4-5,8-10,16H2. The zero-order chi connectivity index (χ0) is 12.4. The minimum atomic E-state index is 0.592. The van der Waals surface area contributed by atoms with Gasteiger partial charge in [-0.2, -0.15) is 0 Å². The van der Waals surface area contributed by atoms with Crippen molar-refractivity contribution in [3.8, 4) is 11.3 Å². The molecule has 1 heterocycles. The van der Waals surface area contributed by atoms with Crippen LogP contribution in [-0.2, 0) is 6.54 Å². The van der Waals surface area contributed by atoms with Crippen LogP contribution in [0.5, 0.6) is 0 Å². The first-order valence-corrected chi connectivity index (χ1v) is 7.45. The highest BCUT2D eigenvalue weighted by Gasteiger charge is 2.22. The number of thiazole rings is 1. The Morgan fingerprint density at radius 2 is 1.89 bits per heavy atom. The molecule has 3 rings (SSSR count). The van der Waals surface area contributed by atoms with Crippen molar-refractivity contribution in [2.24, 2.45) is 5.73 Å². The third-order valence-electron chi connectivity index (χ3n) is 3.65. The van der Waals surface area contributed by atoms with E-state index in [4.69, 9.17) is 10.7 Å². The number of benzene rings is 1. The van der Waals surface area contributed by atoms with E-state index in [0.717, 1.165) is 5.69 Å². The lowest BCUT2D eigenvalue weighted by Crippen LogP contribution is -1.95. The van der Waals surface area contributed by atoms with E-state index in [0.29, 0.717) is 12.5 Å². The van der Waals surface area contributed by atoms with Crippen LogP contribution in [0.2, 0.25) is 0 Å². The molecule has 1 saturated carbocycles. The van der Waals surface area contributed by atoms with Gasteiger partial charge in [0.2, 0.25) is 0 Å². The van der Waals surface area contributed by atoms with Crippen LogP contribution in [0.4, 0.5) is 0 Å². The average Bonchev–Trinajstić information content (AvgIpc) is 3.08. The van der Waals surface area contributed by atoms with Gasteiger partial charge in [0.25, 0.3) is 0 Å². The van der Waals surface area contributed by atoms with Gasteiger partial charge in [-0.3, -0.25) is 0 Å². The van der Waals surface area contributed by atoms with E-state index in [2.05, 4.69) is 24.3 Å². The molecule has 2 nitrogen and oxygen atoms in total. The molecule has 1 aromatic heterocycles. The van der Waals surface area contributed by atoms with Gasteiger partial charge in [0.1, 0.15) is 0 Å². The van der Waals surface area contributed by atoms with Crippen molar-refractivity contribution in [2.75, 3.05) is 0 Å². The molecule has 1 fully saturated rings. The zero-order valence-electron chi connectivity index (χ0n) is 10.4.